The largest absolute Gasteiger partial charge is 0.389 e. The van der Waals surface area contributed by atoms with Gasteiger partial charge in [-0.2, -0.15) is 0 Å². The molecule has 1 nitrogen and oxygen atoms in total. The summed E-state index contributed by atoms with van der Waals surface area (Å²) in [5.74, 6) is 0.391. The molecule has 0 radical (unpaired) electrons. The third kappa shape index (κ3) is 4.74. The monoisotopic (exact) mass is 232 g/mol. The first kappa shape index (κ1) is 14.0. The van der Waals surface area contributed by atoms with Gasteiger partial charge in [-0.05, 0) is 23.5 Å². The van der Waals surface area contributed by atoms with Gasteiger partial charge in [0.2, 0.25) is 0 Å². The Morgan fingerprint density at radius 1 is 1.24 bits per heavy atom. The summed E-state index contributed by atoms with van der Waals surface area (Å²) in [5.41, 5.74) is 2.32. The van der Waals surface area contributed by atoms with Crippen LogP contribution < -0.4 is 0 Å². The highest BCUT2D eigenvalue weighted by Crippen LogP contribution is 2.21. The van der Waals surface area contributed by atoms with Crippen LogP contribution in [0.3, 0.4) is 0 Å². The van der Waals surface area contributed by atoms with Crippen molar-refractivity contribution in [2.45, 2.75) is 46.1 Å². The summed E-state index contributed by atoms with van der Waals surface area (Å²) in [6.07, 6.45) is 4.92. The average molecular weight is 232 g/mol. The van der Waals surface area contributed by atoms with Crippen molar-refractivity contribution in [2.24, 2.45) is 5.92 Å². The Kier molecular flexibility index (Phi) is 5.99. The van der Waals surface area contributed by atoms with Crippen molar-refractivity contribution in [3.63, 3.8) is 0 Å². The van der Waals surface area contributed by atoms with E-state index in [2.05, 4.69) is 39.0 Å². The van der Waals surface area contributed by atoms with Crippen LogP contribution in [0, 0.1) is 5.92 Å². The Labute approximate surface area is 105 Å². The normalized spacial score (nSPS) is 14.1. The number of benzene rings is 1. The lowest BCUT2D eigenvalue weighted by atomic mass is 9.92. The molecule has 0 heterocycles. The molecule has 0 aliphatic rings. The predicted molar refractivity (Wildman–Crippen MR) is 74.8 cm³/mol. The maximum atomic E-state index is 10.2. The Morgan fingerprint density at radius 2 is 1.88 bits per heavy atom. The van der Waals surface area contributed by atoms with Crippen molar-refractivity contribution in [3.8, 4) is 0 Å². The first-order valence-corrected chi connectivity index (χ1v) is 6.59. The fourth-order valence-electron chi connectivity index (χ4n) is 1.95. The van der Waals surface area contributed by atoms with Gasteiger partial charge in [-0.1, -0.05) is 70.0 Å². The van der Waals surface area contributed by atoms with E-state index in [9.17, 15) is 5.11 Å². The molecule has 0 saturated heterocycles. The van der Waals surface area contributed by atoms with Gasteiger partial charge in [0.05, 0.1) is 6.10 Å². The number of hydrogen-bond acceptors (Lipinski definition) is 1. The molecule has 17 heavy (non-hydrogen) atoms. The molecule has 0 aliphatic heterocycles. The highest BCUT2D eigenvalue weighted by atomic mass is 16.3. The zero-order chi connectivity index (χ0) is 12.7. The lowest BCUT2D eigenvalue weighted by Gasteiger charge is -2.18. The van der Waals surface area contributed by atoms with Crippen molar-refractivity contribution >= 4 is 6.08 Å². The van der Waals surface area contributed by atoms with Gasteiger partial charge < -0.3 is 5.11 Å². The van der Waals surface area contributed by atoms with Crippen molar-refractivity contribution in [1.82, 2.24) is 0 Å². The molecule has 1 atom stereocenters. The lowest BCUT2D eigenvalue weighted by molar-refractivity contribution is 0.188. The van der Waals surface area contributed by atoms with Gasteiger partial charge in [0.25, 0.3) is 0 Å². The molecular formula is C16H24O. The van der Waals surface area contributed by atoms with Crippen LogP contribution in [0.2, 0.25) is 0 Å². The minimum Gasteiger partial charge on any atom is -0.389 e. The summed E-state index contributed by atoms with van der Waals surface area (Å²) in [7, 11) is 0. The fourth-order valence-corrected chi connectivity index (χ4v) is 1.95. The second-order valence-electron chi connectivity index (χ2n) is 4.87. The molecule has 0 aromatic heterocycles. The minimum absolute atomic E-state index is 0.296. The molecule has 1 aromatic rings. The van der Waals surface area contributed by atoms with Crippen molar-refractivity contribution in [2.75, 3.05) is 0 Å². The summed E-state index contributed by atoms with van der Waals surface area (Å²) in [5, 5.41) is 10.2. The first-order chi connectivity index (χ1) is 8.15. The number of aliphatic hydroxyl groups excluding tert-OH is 1. The molecule has 0 amide bonds. The topological polar surface area (TPSA) is 20.2 Å². The highest BCUT2D eigenvalue weighted by molar-refractivity contribution is 5.54. The smallest absolute Gasteiger partial charge is 0.0755 e. The molecule has 0 bridgehead atoms. The van der Waals surface area contributed by atoms with E-state index in [-0.39, 0.29) is 6.10 Å². The first-order valence-electron chi connectivity index (χ1n) is 6.59. The number of unbranched alkanes of at least 4 members (excludes halogenated alkanes) is 1. The summed E-state index contributed by atoms with van der Waals surface area (Å²) in [6.45, 7) is 6.44. The van der Waals surface area contributed by atoms with Gasteiger partial charge in [-0.25, -0.2) is 0 Å². The number of aliphatic hydroxyl groups is 1. The van der Waals surface area contributed by atoms with E-state index in [0.29, 0.717) is 5.92 Å². The molecular weight excluding hydrogens is 208 g/mol. The van der Waals surface area contributed by atoms with Gasteiger partial charge in [0.1, 0.15) is 0 Å². The maximum Gasteiger partial charge on any atom is 0.0755 e. The zero-order valence-corrected chi connectivity index (χ0v) is 11.2. The van der Waals surface area contributed by atoms with Gasteiger partial charge in [-0.15, -0.1) is 0 Å². The number of hydrogen-bond donors (Lipinski definition) is 1. The van der Waals surface area contributed by atoms with Gasteiger partial charge in [0, 0.05) is 0 Å². The van der Waals surface area contributed by atoms with Crippen molar-refractivity contribution in [1.29, 1.82) is 0 Å². The quantitative estimate of drug-likeness (QED) is 0.776. The van der Waals surface area contributed by atoms with Crippen molar-refractivity contribution in [3.05, 3.63) is 41.5 Å². The van der Waals surface area contributed by atoms with Crippen molar-refractivity contribution < 1.29 is 5.11 Å². The van der Waals surface area contributed by atoms with Gasteiger partial charge in [0.15, 0.2) is 0 Å². The van der Waals surface area contributed by atoms with Crippen LogP contribution in [0.5, 0.6) is 0 Å². The van der Waals surface area contributed by atoms with Crippen LogP contribution >= 0.6 is 0 Å². The van der Waals surface area contributed by atoms with E-state index in [1.165, 1.54) is 5.56 Å². The molecule has 0 spiro atoms. The second kappa shape index (κ2) is 7.29. The summed E-state index contributed by atoms with van der Waals surface area (Å²) >= 11 is 0. The van der Waals surface area contributed by atoms with E-state index >= 15 is 0 Å². The Bertz CT molecular complexity index is 338. The van der Waals surface area contributed by atoms with E-state index in [4.69, 9.17) is 0 Å². The lowest BCUT2D eigenvalue weighted by Crippen LogP contribution is -2.14. The van der Waals surface area contributed by atoms with E-state index < -0.39 is 0 Å². The third-order valence-corrected chi connectivity index (χ3v) is 3.02. The fraction of sp³-hybridized carbons (Fsp3) is 0.500. The van der Waals surface area contributed by atoms with Crippen LogP contribution in [-0.2, 0) is 0 Å². The minimum atomic E-state index is -0.296. The average Bonchev–Trinajstić information content (AvgIpc) is 2.34. The van der Waals surface area contributed by atoms with Crippen LogP contribution in [0.1, 0.15) is 45.6 Å². The Balaban J connectivity index is 2.82. The highest BCUT2D eigenvalue weighted by Gasteiger charge is 2.13. The van der Waals surface area contributed by atoms with Gasteiger partial charge >= 0.3 is 0 Å². The summed E-state index contributed by atoms with van der Waals surface area (Å²) < 4.78 is 0. The van der Waals surface area contributed by atoms with E-state index in [1.54, 1.807) is 0 Å². The van der Waals surface area contributed by atoms with Gasteiger partial charge in [-0.3, -0.25) is 0 Å². The van der Waals surface area contributed by atoms with Crippen LogP contribution in [0.4, 0.5) is 0 Å². The number of rotatable bonds is 6. The molecule has 1 aromatic carbocycles. The second-order valence-corrected chi connectivity index (χ2v) is 4.87. The summed E-state index contributed by atoms with van der Waals surface area (Å²) in [4.78, 5) is 0. The predicted octanol–water partition coefficient (Wildman–Crippen LogP) is 4.28. The maximum absolute atomic E-state index is 10.2. The molecule has 1 heteroatoms. The van der Waals surface area contributed by atoms with Crippen LogP contribution in [-0.4, -0.2) is 11.2 Å². The molecule has 94 valence electrons. The summed E-state index contributed by atoms with van der Waals surface area (Å²) in [6, 6.07) is 10.2. The van der Waals surface area contributed by atoms with Crippen LogP contribution in [0.15, 0.2) is 35.9 Å². The zero-order valence-electron chi connectivity index (χ0n) is 11.2. The standard InChI is InChI=1S/C16H24O/c1-4-5-11-16(17)15(13(2)3)12-14-9-7-6-8-10-14/h6-10,12-13,16-17H,4-5,11H2,1-3H3/b15-12-/t16-/m0/s1. The SMILES string of the molecule is CCCC[C@H](O)/C(=C\c1ccccc1)C(C)C. The Morgan fingerprint density at radius 3 is 2.41 bits per heavy atom. The van der Waals surface area contributed by atoms with E-state index in [0.717, 1.165) is 24.8 Å². The van der Waals surface area contributed by atoms with Crippen LogP contribution in [0.25, 0.3) is 6.08 Å². The molecule has 0 aliphatic carbocycles. The molecule has 0 fully saturated rings. The Hall–Kier alpha value is -1.08. The molecule has 1 N–H and O–H groups in total. The molecule has 0 unspecified atom stereocenters. The molecule has 0 saturated carbocycles. The van der Waals surface area contributed by atoms with E-state index in [1.807, 2.05) is 18.2 Å². The third-order valence-electron chi connectivity index (χ3n) is 3.02. The molecule has 1 rings (SSSR count).